The van der Waals surface area contributed by atoms with Crippen LogP contribution in [-0.4, -0.2) is 61.8 Å². The monoisotopic (exact) mass is 229 g/mol. The largest absolute Gasteiger partial charge is 0.378 e. The summed E-state index contributed by atoms with van der Waals surface area (Å²) in [5.41, 5.74) is 5.53. The molecule has 0 bridgehead atoms. The van der Waals surface area contributed by atoms with Gasteiger partial charge in [0.05, 0.1) is 13.2 Å². The van der Waals surface area contributed by atoms with Gasteiger partial charge in [0.1, 0.15) is 0 Å². The summed E-state index contributed by atoms with van der Waals surface area (Å²) in [6, 6.07) is 0.113. The van der Waals surface area contributed by atoms with Gasteiger partial charge in [-0.1, -0.05) is 13.3 Å². The molecule has 1 rings (SSSR count). The zero-order valence-electron chi connectivity index (χ0n) is 10.2. The summed E-state index contributed by atoms with van der Waals surface area (Å²) in [5.74, 6) is 0. The van der Waals surface area contributed by atoms with Crippen LogP contribution < -0.4 is 5.73 Å². The molecule has 0 saturated carbocycles. The number of morpholine rings is 1. The van der Waals surface area contributed by atoms with Gasteiger partial charge < -0.3 is 20.3 Å². The molecule has 0 aromatic rings. The van der Waals surface area contributed by atoms with Gasteiger partial charge in [0.2, 0.25) is 0 Å². The van der Waals surface area contributed by atoms with Crippen LogP contribution in [0.1, 0.15) is 19.8 Å². The van der Waals surface area contributed by atoms with Crippen LogP contribution in [0, 0.1) is 0 Å². The SMILES string of the molecule is CCCCN(CCN)C(=O)N1CCOCC1. The molecule has 0 aromatic heterocycles. The second kappa shape index (κ2) is 7.46. The smallest absolute Gasteiger partial charge is 0.320 e. The average molecular weight is 229 g/mol. The van der Waals surface area contributed by atoms with Crippen molar-refractivity contribution in [1.82, 2.24) is 9.80 Å². The summed E-state index contributed by atoms with van der Waals surface area (Å²) in [5, 5.41) is 0. The molecule has 0 aliphatic carbocycles. The summed E-state index contributed by atoms with van der Waals surface area (Å²) >= 11 is 0. The Morgan fingerprint density at radius 1 is 1.38 bits per heavy atom. The van der Waals surface area contributed by atoms with Crippen molar-refractivity contribution in [2.75, 3.05) is 45.9 Å². The van der Waals surface area contributed by atoms with E-state index in [1.165, 1.54) is 0 Å². The predicted molar refractivity (Wildman–Crippen MR) is 63.3 cm³/mol. The Balaban J connectivity index is 2.44. The number of hydrogen-bond donors (Lipinski definition) is 1. The lowest BCUT2D eigenvalue weighted by molar-refractivity contribution is 0.0434. The fourth-order valence-electron chi connectivity index (χ4n) is 1.76. The van der Waals surface area contributed by atoms with Crippen molar-refractivity contribution >= 4 is 6.03 Å². The van der Waals surface area contributed by atoms with E-state index in [2.05, 4.69) is 6.92 Å². The molecule has 16 heavy (non-hydrogen) atoms. The van der Waals surface area contributed by atoms with Gasteiger partial charge in [0.15, 0.2) is 0 Å². The van der Waals surface area contributed by atoms with Gasteiger partial charge in [-0.2, -0.15) is 0 Å². The number of carbonyl (C=O) groups excluding carboxylic acids is 1. The number of rotatable bonds is 5. The summed E-state index contributed by atoms with van der Waals surface area (Å²) in [6.07, 6.45) is 2.13. The van der Waals surface area contributed by atoms with Gasteiger partial charge in [0.25, 0.3) is 0 Å². The van der Waals surface area contributed by atoms with Gasteiger partial charge in [-0.3, -0.25) is 0 Å². The van der Waals surface area contributed by atoms with Crippen molar-refractivity contribution in [3.8, 4) is 0 Å². The Hall–Kier alpha value is -0.810. The number of carbonyl (C=O) groups is 1. The highest BCUT2D eigenvalue weighted by Gasteiger charge is 2.21. The molecule has 1 saturated heterocycles. The molecule has 0 unspecified atom stereocenters. The molecular weight excluding hydrogens is 206 g/mol. The standard InChI is InChI=1S/C11H23N3O2/c1-2-3-5-13(6-4-12)11(15)14-7-9-16-10-8-14/h2-10,12H2,1H3. The summed E-state index contributed by atoms with van der Waals surface area (Å²) in [6.45, 7) is 6.81. The van der Waals surface area contributed by atoms with Gasteiger partial charge in [0, 0.05) is 32.7 Å². The van der Waals surface area contributed by atoms with Crippen LogP contribution in [0.3, 0.4) is 0 Å². The lowest BCUT2D eigenvalue weighted by atomic mass is 10.3. The molecule has 5 heteroatoms. The molecule has 2 amide bonds. The van der Waals surface area contributed by atoms with Crippen molar-refractivity contribution in [3.63, 3.8) is 0 Å². The first-order chi connectivity index (χ1) is 7.79. The highest BCUT2D eigenvalue weighted by atomic mass is 16.5. The number of amides is 2. The quantitative estimate of drug-likeness (QED) is 0.747. The number of urea groups is 1. The lowest BCUT2D eigenvalue weighted by Crippen LogP contribution is -2.49. The topological polar surface area (TPSA) is 58.8 Å². The number of nitrogens with zero attached hydrogens (tertiary/aromatic N) is 2. The van der Waals surface area contributed by atoms with Crippen molar-refractivity contribution in [2.24, 2.45) is 5.73 Å². The molecule has 1 aliphatic heterocycles. The van der Waals surface area contributed by atoms with Crippen LogP contribution in [-0.2, 0) is 4.74 Å². The normalized spacial score (nSPS) is 16.2. The number of unbranched alkanes of at least 4 members (excludes halogenated alkanes) is 1. The van der Waals surface area contributed by atoms with Gasteiger partial charge >= 0.3 is 6.03 Å². The maximum Gasteiger partial charge on any atom is 0.320 e. The molecule has 2 N–H and O–H groups in total. The molecule has 1 fully saturated rings. The van der Waals surface area contributed by atoms with Crippen molar-refractivity contribution < 1.29 is 9.53 Å². The van der Waals surface area contributed by atoms with E-state index in [1.54, 1.807) is 0 Å². The maximum absolute atomic E-state index is 12.1. The molecule has 94 valence electrons. The molecule has 1 aliphatic rings. The van der Waals surface area contributed by atoms with E-state index in [1.807, 2.05) is 9.80 Å². The fraction of sp³-hybridized carbons (Fsp3) is 0.909. The Labute approximate surface area is 97.5 Å². The van der Waals surface area contributed by atoms with E-state index >= 15 is 0 Å². The van der Waals surface area contributed by atoms with E-state index in [0.717, 1.165) is 19.4 Å². The van der Waals surface area contributed by atoms with Gasteiger partial charge in [-0.05, 0) is 6.42 Å². The minimum atomic E-state index is 0.113. The molecule has 1 heterocycles. The zero-order valence-corrected chi connectivity index (χ0v) is 10.2. The molecular formula is C11H23N3O2. The third-order valence-corrected chi connectivity index (χ3v) is 2.73. The van der Waals surface area contributed by atoms with Crippen LogP contribution >= 0.6 is 0 Å². The second-order valence-electron chi connectivity index (χ2n) is 4.01. The van der Waals surface area contributed by atoms with Crippen LogP contribution in [0.2, 0.25) is 0 Å². The highest BCUT2D eigenvalue weighted by Crippen LogP contribution is 2.04. The first-order valence-electron chi connectivity index (χ1n) is 6.11. The Morgan fingerprint density at radius 2 is 2.06 bits per heavy atom. The third-order valence-electron chi connectivity index (χ3n) is 2.73. The average Bonchev–Trinajstić information content (AvgIpc) is 2.35. The first kappa shape index (κ1) is 13.3. The molecule has 0 spiro atoms. The Morgan fingerprint density at radius 3 is 2.62 bits per heavy atom. The highest BCUT2D eigenvalue weighted by molar-refractivity contribution is 5.74. The van der Waals surface area contributed by atoms with Crippen molar-refractivity contribution in [3.05, 3.63) is 0 Å². The number of nitrogens with two attached hydrogens (primary N) is 1. The lowest BCUT2D eigenvalue weighted by Gasteiger charge is -2.32. The van der Waals surface area contributed by atoms with Crippen molar-refractivity contribution in [1.29, 1.82) is 0 Å². The Kier molecular flexibility index (Phi) is 6.18. The summed E-state index contributed by atoms with van der Waals surface area (Å²) < 4.78 is 5.23. The Bertz CT molecular complexity index is 205. The third kappa shape index (κ3) is 3.98. The van der Waals surface area contributed by atoms with Gasteiger partial charge in [-0.25, -0.2) is 4.79 Å². The number of ether oxygens (including phenoxy) is 1. The van der Waals surface area contributed by atoms with E-state index < -0.39 is 0 Å². The van der Waals surface area contributed by atoms with E-state index in [9.17, 15) is 4.79 Å². The summed E-state index contributed by atoms with van der Waals surface area (Å²) in [7, 11) is 0. The summed E-state index contributed by atoms with van der Waals surface area (Å²) in [4.78, 5) is 15.8. The van der Waals surface area contributed by atoms with Gasteiger partial charge in [-0.15, -0.1) is 0 Å². The minimum absolute atomic E-state index is 0.113. The molecule has 0 atom stereocenters. The minimum Gasteiger partial charge on any atom is -0.378 e. The second-order valence-corrected chi connectivity index (χ2v) is 4.01. The van der Waals surface area contributed by atoms with Crippen LogP contribution in [0.5, 0.6) is 0 Å². The van der Waals surface area contributed by atoms with E-state index in [-0.39, 0.29) is 6.03 Å². The van der Waals surface area contributed by atoms with Crippen LogP contribution in [0.25, 0.3) is 0 Å². The molecule has 0 aromatic carbocycles. The van der Waals surface area contributed by atoms with Crippen LogP contribution in [0.4, 0.5) is 4.79 Å². The fourth-order valence-corrected chi connectivity index (χ4v) is 1.76. The van der Waals surface area contributed by atoms with E-state index in [4.69, 9.17) is 10.5 Å². The molecule has 0 radical (unpaired) electrons. The predicted octanol–water partition coefficient (Wildman–Crippen LogP) is 0.499. The maximum atomic E-state index is 12.1. The van der Waals surface area contributed by atoms with Crippen LogP contribution in [0.15, 0.2) is 0 Å². The van der Waals surface area contributed by atoms with E-state index in [0.29, 0.717) is 39.4 Å². The zero-order chi connectivity index (χ0) is 11.8. The first-order valence-corrected chi connectivity index (χ1v) is 6.11. The molecule has 5 nitrogen and oxygen atoms in total. The number of hydrogen-bond acceptors (Lipinski definition) is 3. The van der Waals surface area contributed by atoms with Crippen molar-refractivity contribution in [2.45, 2.75) is 19.8 Å².